The third kappa shape index (κ3) is 8.01. The standard InChI is InChI=1S/C19H32BrN/c1-4-7-8-16(6-3)14-19(21-13-5-2)15-17-9-11-18(20)12-10-17/h9-12,16,19,21H,4-8,13-15H2,1-3H3. The molecular formula is C19H32BrN. The van der Waals surface area contributed by atoms with E-state index in [0.717, 1.165) is 18.9 Å². The van der Waals surface area contributed by atoms with Crippen LogP contribution in [0.5, 0.6) is 0 Å². The molecule has 2 atom stereocenters. The molecule has 0 aliphatic heterocycles. The highest BCUT2D eigenvalue weighted by molar-refractivity contribution is 9.10. The van der Waals surface area contributed by atoms with Crippen molar-refractivity contribution in [3.05, 3.63) is 34.3 Å². The number of unbranched alkanes of at least 4 members (excludes halogenated alkanes) is 1. The lowest BCUT2D eigenvalue weighted by Gasteiger charge is -2.24. The number of halogens is 1. The molecule has 1 N–H and O–H groups in total. The summed E-state index contributed by atoms with van der Waals surface area (Å²) in [5.74, 6) is 0.870. The summed E-state index contributed by atoms with van der Waals surface area (Å²) in [5, 5.41) is 3.76. The van der Waals surface area contributed by atoms with Gasteiger partial charge in [-0.15, -0.1) is 0 Å². The third-order valence-corrected chi connectivity index (χ3v) is 4.77. The van der Waals surface area contributed by atoms with Crippen LogP contribution < -0.4 is 5.32 Å². The largest absolute Gasteiger partial charge is 0.314 e. The van der Waals surface area contributed by atoms with Crippen molar-refractivity contribution in [3.63, 3.8) is 0 Å². The van der Waals surface area contributed by atoms with Crippen LogP contribution in [0, 0.1) is 5.92 Å². The number of benzene rings is 1. The average molecular weight is 354 g/mol. The molecule has 1 aromatic carbocycles. The van der Waals surface area contributed by atoms with Gasteiger partial charge in [-0.25, -0.2) is 0 Å². The Hall–Kier alpha value is -0.340. The van der Waals surface area contributed by atoms with Gasteiger partial charge in [0.05, 0.1) is 0 Å². The molecule has 0 aromatic heterocycles. The van der Waals surface area contributed by atoms with Gasteiger partial charge >= 0.3 is 0 Å². The Labute approximate surface area is 140 Å². The molecule has 0 bridgehead atoms. The Balaban J connectivity index is 2.58. The molecule has 0 saturated heterocycles. The van der Waals surface area contributed by atoms with Gasteiger partial charge < -0.3 is 5.32 Å². The number of nitrogens with one attached hydrogen (secondary N) is 1. The summed E-state index contributed by atoms with van der Waals surface area (Å²) in [5.41, 5.74) is 1.44. The summed E-state index contributed by atoms with van der Waals surface area (Å²) in [6.45, 7) is 8.02. The Morgan fingerprint density at radius 2 is 1.76 bits per heavy atom. The lowest BCUT2D eigenvalue weighted by atomic mass is 9.89. The van der Waals surface area contributed by atoms with E-state index in [1.165, 1.54) is 48.6 Å². The van der Waals surface area contributed by atoms with Crippen molar-refractivity contribution in [2.75, 3.05) is 6.54 Å². The van der Waals surface area contributed by atoms with Gasteiger partial charge in [0.2, 0.25) is 0 Å². The Bertz CT molecular complexity index is 360. The predicted octanol–water partition coefficient (Wildman–Crippen LogP) is 5.97. The zero-order chi connectivity index (χ0) is 15.5. The Morgan fingerprint density at radius 1 is 1.05 bits per heavy atom. The molecular weight excluding hydrogens is 322 g/mol. The molecule has 0 fully saturated rings. The number of hydrogen-bond donors (Lipinski definition) is 1. The van der Waals surface area contributed by atoms with Gasteiger partial charge in [0.1, 0.15) is 0 Å². The lowest BCUT2D eigenvalue weighted by molar-refractivity contribution is 0.347. The molecule has 0 spiro atoms. The fourth-order valence-corrected chi connectivity index (χ4v) is 3.14. The SMILES string of the molecule is CCCCC(CC)CC(Cc1ccc(Br)cc1)NCCC. The van der Waals surface area contributed by atoms with E-state index < -0.39 is 0 Å². The van der Waals surface area contributed by atoms with Crippen molar-refractivity contribution >= 4 is 15.9 Å². The van der Waals surface area contributed by atoms with Gasteiger partial charge in [-0.3, -0.25) is 0 Å². The van der Waals surface area contributed by atoms with Gasteiger partial charge in [0.15, 0.2) is 0 Å². The van der Waals surface area contributed by atoms with Crippen LogP contribution in [0.15, 0.2) is 28.7 Å². The molecule has 0 heterocycles. The van der Waals surface area contributed by atoms with Crippen molar-refractivity contribution in [3.8, 4) is 0 Å². The minimum absolute atomic E-state index is 0.618. The van der Waals surface area contributed by atoms with Crippen LogP contribution in [0.3, 0.4) is 0 Å². The highest BCUT2D eigenvalue weighted by atomic mass is 79.9. The summed E-state index contributed by atoms with van der Waals surface area (Å²) >= 11 is 3.52. The highest BCUT2D eigenvalue weighted by Crippen LogP contribution is 2.21. The molecule has 0 aliphatic rings. The molecule has 2 unspecified atom stereocenters. The quantitative estimate of drug-likeness (QED) is 0.516. The molecule has 120 valence electrons. The van der Waals surface area contributed by atoms with Crippen LogP contribution >= 0.6 is 15.9 Å². The van der Waals surface area contributed by atoms with E-state index in [0.29, 0.717) is 6.04 Å². The molecule has 1 rings (SSSR count). The van der Waals surface area contributed by atoms with Crippen molar-refractivity contribution in [1.29, 1.82) is 0 Å². The second kappa shape index (κ2) is 11.3. The first-order valence-electron chi connectivity index (χ1n) is 8.67. The van der Waals surface area contributed by atoms with Gasteiger partial charge in [-0.1, -0.05) is 74.5 Å². The van der Waals surface area contributed by atoms with Crippen LogP contribution in [0.1, 0.15) is 64.9 Å². The molecule has 0 saturated carbocycles. The number of rotatable bonds is 11. The highest BCUT2D eigenvalue weighted by Gasteiger charge is 2.15. The first-order chi connectivity index (χ1) is 10.2. The minimum Gasteiger partial charge on any atom is -0.314 e. The summed E-state index contributed by atoms with van der Waals surface area (Å²) < 4.78 is 1.17. The second-order valence-electron chi connectivity index (χ2n) is 6.13. The van der Waals surface area contributed by atoms with Gasteiger partial charge in [-0.05, 0) is 49.4 Å². The fourth-order valence-electron chi connectivity index (χ4n) is 2.88. The molecule has 0 aliphatic carbocycles. The first-order valence-corrected chi connectivity index (χ1v) is 9.46. The minimum atomic E-state index is 0.618. The van der Waals surface area contributed by atoms with Crippen molar-refractivity contribution in [1.82, 2.24) is 5.32 Å². The third-order valence-electron chi connectivity index (χ3n) is 4.24. The van der Waals surface area contributed by atoms with E-state index in [1.807, 2.05) is 0 Å². The maximum atomic E-state index is 3.76. The average Bonchev–Trinajstić information content (AvgIpc) is 2.50. The van der Waals surface area contributed by atoms with E-state index in [9.17, 15) is 0 Å². The normalized spacial score (nSPS) is 14.1. The Kier molecular flexibility index (Phi) is 10.0. The van der Waals surface area contributed by atoms with Crippen LogP contribution in [-0.2, 0) is 6.42 Å². The topological polar surface area (TPSA) is 12.0 Å². The monoisotopic (exact) mass is 353 g/mol. The molecule has 2 heteroatoms. The molecule has 1 aromatic rings. The predicted molar refractivity (Wildman–Crippen MR) is 97.9 cm³/mol. The summed E-state index contributed by atoms with van der Waals surface area (Å²) in [6.07, 6.45) is 9.06. The van der Waals surface area contributed by atoms with Crippen LogP contribution in [0.4, 0.5) is 0 Å². The summed E-state index contributed by atoms with van der Waals surface area (Å²) in [7, 11) is 0. The first kappa shape index (κ1) is 18.7. The smallest absolute Gasteiger partial charge is 0.0175 e. The van der Waals surface area contributed by atoms with E-state index in [2.05, 4.69) is 66.3 Å². The Morgan fingerprint density at radius 3 is 2.33 bits per heavy atom. The van der Waals surface area contributed by atoms with Gasteiger partial charge in [0.25, 0.3) is 0 Å². The van der Waals surface area contributed by atoms with Gasteiger partial charge in [-0.2, -0.15) is 0 Å². The molecule has 0 amide bonds. The van der Waals surface area contributed by atoms with E-state index in [1.54, 1.807) is 0 Å². The van der Waals surface area contributed by atoms with Crippen molar-refractivity contribution in [2.24, 2.45) is 5.92 Å². The van der Waals surface area contributed by atoms with Gasteiger partial charge in [0, 0.05) is 10.5 Å². The van der Waals surface area contributed by atoms with E-state index in [-0.39, 0.29) is 0 Å². The zero-order valence-electron chi connectivity index (χ0n) is 14.0. The maximum Gasteiger partial charge on any atom is 0.0175 e. The molecule has 0 radical (unpaired) electrons. The lowest BCUT2D eigenvalue weighted by Crippen LogP contribution is -2.33. The second-order valence-corrected chi connectivity index (χ2v) is 7.05. The van der Waals surface area contributed by atoms with Crippen LogP contribution in [0.25, 0.3) is 0 Å². The molecule has 21 heavy (non-hydrogen) atoms. The number of hydrogen-bond acceptors (Lipinski definition) is 1. The molecule has 1 nitrogen and oxygen atoms in total. The fraction of sp³-hybridized carbons (Fsp3) is 0.684. The summed E-state index contributed by atoms with van der Waals surface area (Å²) in [4.78, 5) is 0. The van der Waals surface area contributed by atoms with Crippen LogP contribution in [0.2, 0.25) is 0 Å². The maximum absolute atomic E-state index is 3.76. The van der Waals surface area contributed by atoms with Crippen molar-refractivity contribution in [2.45, 2.75) is 71.8 Å². The van der Waals surface area contributed by atoms with E-state index >= 15 is 0 Å². The van der Waals surface area contributed by atoms with Crippen molar-refractivity contribution < 1.29 is 0 Å². The summed E-state index contributed by atoms with van der Waals surface area (Å²) in [6, 6.07) is 9.42. The van der Waals surface area contributed by atoms with E-state index in [4.69, 9.17) is 0 Å². The zero-order valence-corrected chi connectivity index (χ0v) is 15.6. The van der Waals surface area contributed by atoms with Crippen LogP contribution in [-0.4, -0.2) is 12.6 Å².